The van der Waals surface area contributed by atoms with E-state index in [1.165, 1.54) is 29.1 Å². The van der Waals surface area contributed by atoms with Gasteiger partial charge in [-0.05, 0) is 24.3 Å². The number of aliphatic hydroxyl groups is 1. The van der Waals surface area contributed by atoms with E-state index in [9.17, 15) is 14.3 Å². The second-order valence-electron chi connectivity index (χ2n) is 5.50. The van der Waals surface area contributed by atoms with Gasteiger partial charge in [-0.15, -0.1) is 15.0 Å². The maximum atomic E-state index is 13.0. The highest BCUT2D eigenvalue weighted by molar-refractivity contribution is 5.91. The topological polar surface area (TPSA) is 94.7 Å². The van der Waals surface area contributed by atoms with Gasteiger partial charge in [0.05, 0.1) is 12.3 Å². The summed E-state index contributed by atoms with van der Waals surface area (Å²) in [5.74, 6) is -1.24. The predicted molar refractivity (Wildman–Crippen MR) is 84.0 cm³/mol. The number of hydrogen-bond donors (Lipinski definition) is 2. The monoisotopic (exact) mass is 335 g/mol. The molecule has 1 aromatic heterocycles. The molecule has 0 saturated carbocycles. The Morgan fingerprint density at radius 2 is 1.79 bits per heavy atom. The Morgan fingerprint density at radius 3 is 2.38 bits per heavy atom. The number of carbonyl (C=O) groups is 1. The molecular weight excluding hydrogens is 317 g/mol. The zero-order valence-electron chi connectivity index (χ0n) is 13.0. The molecule has 24 heavy (non-hydrogen) atoms. The van der Waals surface area contributed by atoms with Crippen molar-refractivity contribution in [3.8, 4) is 5.69 Å². The number of β-amino-alcohol motifs (C(OH)–C–C–N with tert-alkyl or cyclic N) is 1. The highest BCUT2D eigenvalue weighted by Crippen LogP contribution is 2.20. The number of aromatic nitrogens is 3. The van der Waals surface area contributed by atoms with Gasteiger partial charge in [-0.25, -0.2) is 9.18 Å². The summed E-state index contributed by atoms with van der Waals surface area (Å²) in [4.78, 5) is 16.7. The number of nitrogens with zero attached hydrogens (tertiary/aromatic N) is 5. The molecule has 1 fully saturated rings. The molecule has 0 radical (unpaired) electrons. The minimum Gasteiger partial charge on any atom is -0.476 e. The third-order valence-corrected chi connectivity index (χ3v) is 3.94. The lowest BCUT2D eigenvalue weighted by Crippen LogP contribution is -2.47. The van der Waals surface area contributed by atoms with Gasteiger partial charge in [0.1, 0.15) is 5.82 Å². The Morgan fingerprint density at radius 1 is 1.12 bits per heavy atom. The van der Waals surface area contributed by atoms with Crippen molar-refractivity contribution in [1.82, 2.24) is 19.9 Å². The van der Waals surface area contributed by atoms with Gasteiger partial charge in [-0.3, -0.25) is 4.90 Å². The number of piperazine rings is 1. The molecule has 0 amide bonds. The molecule has 2 heterocycles. The number of hydrogen-bond acceptors (Lipinski definition) is 6. The average molecular weight is 335 g/mol. The quantitative estimate of drug-likeness (QED) is 0.807. The summed E-state index contributed by atoms with van der Waals surface area (Å²) in [5.41, 5.74) is 0.360. The molecule has 0 spiro atoms. The van der Waals surface area contributed by atoms with Crippen LogP contribution in [0.4, 0.5) is 10.2 Å². The van der Waals surface area contributed by atoms with Gasteiger partial charge in [-0.1, -0.05) is 0 Å². The summed E-state index contributed by atoms with van der Waals surface area (Å²) < 4.78 is 13.0. The van der Waals surface area contributed by atoms with E-state index in [-0.39, 0.29) is 18.1 Å². The minimum absolute atomic E-state index is 0.0983. The van der Waals surface area contributed by atoms with E-state index in [4.69, 9.17) is 5.11 Å². The number of carboxylic acid groups (broad SMARTS) is 1. The molecule has 0 bridgehead atoms. The highest BCUT2D eigenvalue weighted by atomic mass is 19.1. The Bertz CT molecular complexity index is 710. The maximum absolute atomic E-state index is 13.0. The molecule has 128 valence electrons. The number of benzene rings is 1. The van der Waals surface area contributed by atoms with Crippen molar-refractivity contribution >= 4 is 11.8 Å². The Kier molecular flexibility index (Phi) is 4.72. The molecule has 1 saturated heterocycles. The van der Waals surface area contributed by atoms with E-state index >= 15 is 0 Å². The van der Waals surface area contributed by atoms with E-state index in [2.05, 4.69) is 15.1 Å². The first-order chi connectivity index (χ1) is 11.6. The summed E-state index contributed by atoms with van der Waals surface area (Å²) in [6.07, 6.45) is 0. The van der Waals surface area contributed by atoms with Crippen molar-refractivity contribution in [3.63, 3.8) is 0 Å². The Labute approximate surface area is 137 Å². The molecule has 1 aliphatic rings. The fourth-order valence-corrected chi connectivity index (χ4v) is 2.66. The van der Waals surface area contributed by atoms with Crippen molar-refractivity contribution in [2.45, 2.75) is 0 Å². The van der Waals surface area contributed by atoms with Gasteiger partial charge < -0.3 is 15.1 Å². The van der Waals surface area contributed by atoms with Crippen LogP contribution in [0.15, 0.2) is 24.3 Å². The van der Waals surface area contributed by atoms with Crippen LogP contribution in [-0.2, 0) is 0 Å². The van der Waals surface area contributed by atoms with Crippen LogP contribution in [0.5, 0.6) is 0 Å². The molecule has 1 aromatic carbocycles. The fraction of sp³-hybridized carbons (Fsp3) is 0.400. The van der Waals surface area contributed by atoms with Crippen LogP contribution in [0.2, 0.25) is 0 Å². The SMILES string of the molecule is O=C(O)c1nn(-c2ccc(F)cc2)nc1N1CCN(CCO)CC1. The van der Waals surface area contributed by atoms with Gasteiger partial charge in [0.25, 0.3) is 0 Å². The fourth-order valence-electron chi connectivity index (χ4n) is 2.66. The van der Waals surface area contributed by atoms with Crippen LogP contribution < -0.4 is 4.90 Å². The smallest absolute Gasteiger partial charge is 0.360 e. The second-order valence-corrected chi connectivity index (χ2v) is 5.50. The lowest BCUT2D eigenvalue weighted by molar-refractivity contribution is 0.0690. The number of rotatable bonds is 5. The summed E-state index contributed by atoms with van der Waals surface area (Å²) in [5, 5.41) is 26.7. The second kappa shape index (κ2) is 6.93. The summed E-state index contributed by atoms with van der Waals surface area (Å²) >= 11 is 0. The molecule has 0 aliphatic carbocycles. The van der Waals surface area contributed by atoms with Crippen molar-refractivity contribution in [1.29, 1.82) is 0 Å². The normalized spacial score (nSPS) is 15.7. The van der Waals surface area contributed by atoms with Gasteiger partial charge in [0.15, 0.2) is 5.82 Å². The molecule has 3 rings (SSSR count). The van der Waals surface area contributed by atoms with Gasteiger partial charge >= 0.3 is 5.97 Å². The molecule has 9 heteroatoms. The minimum atomic E-state index is -1.16. The maximum Gasteiger partial charge on any atom is 0.360 e. The number of halogens is 1. The number of aliphatic hydroxyl groups excluding tert-OH is 1. The number of aromatic carboxylic acids is 1. The molecular formula is C15H18FN5O3. The number of carboxylic acids is 1. The third kappa shape index (κ3) is 3.36. The lowest BCUT2D eigenvalue weighted by Gasteiger charge is -2.34. The van der Waals surface area contributed by atoms with Crippen LogP contribution in [-0.4, -0.2) is 75.4 Å². The van der Waals surface area contributed by atoms with E-state index < -0.39 is 5.97 Å². The zero-order valence-corrected chi connectivity index (χ0v) is 13.0. The highest BCUT2D eigenvalue weighted by Gasteiger charge is 2.26. The first kappa shape index (κ1) is 16.3. The molecule has 1 aliphatic heterocycles. The van der Waals surface area contributed by atoms with Crippen LogP contribution in [0, 0.1) is 5.82 Å². The Hall–Kier alpha value is -2.52. The molecule has 8 nitrogen and oxygen atoms in total. The standard InChI is InChI=1S/C15H18FN5O3/c16-11-1-3-12(4-2-11)21-17-13(15(23)24)14(18-21)20-7-5-19(6-8-20)9-10-22/h1-4,22H,5-10H2,(H,23,24). The van der Waals surface area contributed by atoms with Gasteiger partial charge in [-0.2, -0.15) is 0 Å². The van der Waals surface area contributed by atoms with Crippen LogP contribution in [0.1, 0.15) is 10.5 Å². The largest absolute Gasteiger partial charge is 0.476 e. The third-order valence-electron chi connectivity index (χ3n) is 3.94. The van der Waals surface area contributed by atoms with E-state index in [0.717, 1.165) is 0 Å². The van der Waals surface area contributed by atoms with Gasteiger partial charge in [0.2, 0.25) is 5.69 Å². The molecule has 0 atom stereocenters. The Balaban J connectivity index is 1.85. The van der Waals surface area contributed by atoms with Crippen molar-refractivity contribution in [3.05, 3.63) is 35.8 Å². The number of anilines is 1. The predicted octanol–water partition coefficient (Wildman–Crippen LogP) is 0.219. The zero-order chi connectivity index (χ0) is 17.1. The van der Waals surface area contributed by atoms with Crippen molar-refractivity contribution in [2.24, 2.45) is 0 Å². The van der Waals surface area contributed by atoms with E-state index in [1.54, 1.807) is 0 Å². The van der Waals surface area contributed by atoms with Crippen LogP contribution in [0.3, 0.4) is 0 Å². The average Bonchev–Trinajstić information content (AvgIpc) is 3.02. The first-order valence-corrected chi connectivity index (χ1v) is 7.63. The first-order valence-electron chi connectivity index (χ1n) is 7.63. The molecule has 0 unspecified atom stereocenters. The summed E-state index contributed by atoms with van der Waals surface area (Å²) in [6.45, 7) is 3.32. The van der Waals surface area contributed by atoms with Gasteiger partial charge in [0, 0.05) is 32.7 Å². The van der Waals surface area contributed by atoms with Crippen LogP contribution in [0.25, 0.3) is 5.69 Å². The van der Waals surface area contributed by atoms with E-state index in [0.29, 0.717) is 44.2 Å². The summed E-state index contributed by atoms with van der Waals surface area (Å²) in [7, 11) is 0. The molecule has 2 N–H and O–H groups in total. The summed E-state index contributed by atoms with van der Waals surface area (Å²) in [6, 6.07) is 5.52. The molecule has 2 aromatic rings. The van der Waals surface area contributed by atoms with Crippen molar-refractivity contribution < 1.29 is 19.4 Å². The van der Waals surface area contributed by atoms with E-state index in [1.807, 2.05) is 4.90 Å². The van der Waals surface area contributed by atoms with Crippen LogP contribution >= 0.6 is 0 Å². The van der Waals surface area contributed by atoms with Crippen molar-refractivity contribution in [2.75, 3.05) is 44.2 Å². The lowest BCUT2D eigenvalue weighted by atomic mass is 10.3.